The maximum atomic E-state index is 12.8. The molecule has 3 rings (SSSR count). The van der Waals surface area contributed by atoms with Gasteiger partial charge in [-0.3, -0.25) is 19.2 Å². The number of nitrogens with zero attached hydrogens (tertiary/aromatic N) is 4. The first kappa shape index (κ1) is 30.1. The van der Waals surface area contributed by atoms with E-state index in [1.807, 2.05) is 0 Å². The van der Waals surface area contributed by atoms with Gasteiger partial charge in [-0.2, -0.15) is 0 Å². The normalized spacial score (nSPS) is 12.2. The van der Waals surface area contributed by atoms with E-state index in [0.717, 1.165) is 0 Å². The van der Waals surface area contributed by atoms with E-state index in [9.17, 15) is 29.1 Å². The van der Waals surface area contributed by atoms with Gasteiger partial charge in [-0.05, 0) is 44.0 Å². The minimum atomic E-state index is -1.53. The van der Waals surface area contributed by atoms with Gasteiger partial charge in [-0.1, -0.05) is 0 Å². The molecule has 2 heterocycles. The third kappa shape index (κ3) is 8.81. The summed E-state index contributed by atoms with van der Waals surface area (Å²) in [5, 5.41) is 34.8. The van der Waals surface area contributed by atoms with Crippen molar-refractivity contribution < 1.29 is 39.3 Å². The molecule has 0 aliphatic heterocycles. The molecule has 2 aromatic heterocycles. The first-order valence-corrected chi connectivity index (χ1v) is 12.3. The molecule has 0 saturated carbocycles. The van der Waals surface area contributed by atoms with Gasteiger partial charge in [-0.25, -0.2) is 24.7 Å². The largest absolute Gasteiger partial charge is 0.481 e. The fraction of sp³-hybridized carbons (Fsp3) is 0.320. The van der Waals surface area contributed by atoms with Crippen LogP contribution in [0.15, 0.2) is 30.5 Å². The molecule has 0 saturated heterocycles. The van der Waals surface area contributed by atoms with E-state index in [1.165, 1.54) is 12.1 Å². The summed E-state index contributed by atoms with van der Waals surface area (Å²) in [4.78, 5) is 75.7. The van der Waals surface area contributed by atoms with Gasteiger partial charge < -0.3 is 37.0 Å². The fourth-order valence-electron chi connectivity index (χ4n) is 3.67. The van der Waals surface area contributed by atoms with Crippen molar-refractivity contribution >= 4 is 52.4 Å². The smallest absolute Gasteiger partial charge is 0.326 e. The minimum Gasteiger partial charge on any atom is -0.481 e. The van der Waals surface area contributed by atoms with Gasteiger partial charge >= 0.3 is 17.9 Å². The molecule has 0 aliphatic carbocycles. The number of carboxylic acid groups (broad SMARTS) is 3. The number of hydrogen-bond donors (Lipinski definition) is 7. The molecule has 16 nitrogen and oxygen atoms in total. The van der Waals surface area contributed by atoms with E-state index < -0.39 is 61.1 Å². The molecular weight excluding hydrogens is 540 g/mol. The van der Waals surface area contributed by atoms with Crippen LogP contribution >= 0.6 is 0 Å². The molecule has 0 bridgehead atoms. The lowest BCUT2D eigenvalue weighted by Gasteiger charge is -2.21. The highest BCUT2D eigenvalue weighted by Crippen LogP contribution is 2.15. The highest BCUT2D eigenvalue weighted by Gasteiger charge is 2.27. The van der Waals surface area contributed by atoms with Gasteiger partial charge in [-0.15, -0.1) is 0 Å². The molecule has 16 heteroatoms. The number of carboxylic acids is 3. The van der Waals surface area contributed by atoms with Gasteiger partial charge in [0.15, 0.2) is 17.0 Å². The summed E-state index contributed by atoms with van der Waals surface area (Å²) in [5.41, 5.74) is 8.00. The van der Waals surface area contributed by atoms with Crippen molar-refractivity contribution in [2.75, 3.05) is 11.1 Å². The number of nitrogen functional groups attached to an aromatic ring is 1. The van der Waals surface area contributed by atoms with Crippen LogP contribution in [0.2, 0.25) is 0 Å². The summed E-state index contributed by atoms with van der Waals surface area (Å²) in [6.07, 6.45) is -0.166. The molecule has 0 spiro atoms. The number of rotatable bonds is 14. The van der Waals surface area contributed by atoms with Gasteiger partial charge in [0.2, 0.25) is 5.91 Å². The summed E-state index contributed by atoms with van der Waals surface area (Å²) in [6.45, 7) is 1.97. The second kappa shape index (κ2) is 13.6. The Morgan fingerprint density at radius 2 is 1.51 bits per heavy atom. The molecule has 2 atom stereocenters. The lowest BCUT2D eigenvalue weighted by molar-refractivity contribution is -0.143. The SMILES string of the molecule is Cc1nc(N)c2nc(CNc3ccc(C(=O)N[C@@H](CCC(=O)O)C(=O)N[C@@H](CCC(=O)O)C(=O)O)cc3)cnc2n1. The first-order valence-electron chi connectivity index (χ1n) is 12.3. The van der Waals surface area contributed by atoms with Crippen LogP contribution in [0.4, 0.5) is 11.5 Å². The van der Waals surface area contributed by atoms with Crippen LogP contribution in [0.3, 0.4) is 0 Å². The van der Waals surface area contributed by atoms with Crippen molar-refractivity contribution in [1.82, 2.24) is 30.6 Å². The number of nitrogens with two attached hydrogens (primary N) is 1. The van der Waals surface area contributed by atoms with E-state index in [2.05, 4.69) is 35.9 Å². The van der Waals surface area contributed by atoms with Crippen LogP contribution in [-0.2, 0) is 25.7 Å². The monoisotopic (exact) mass is 568 g/mol. The first-order chi connectivity index (χ1) is 19.4. The van der Waals surface area contributed by atoms with E-state index in [-0.39, 0.29) is 24.3 Å². The van der Waals surface area contributed by atoms with Crippen LogP contribution in [0.5, 0.6) is 0 Å². The van der Waals surface area contributed by atoms with Crippen LogP contribution in [-0.4, -0.2) is 77.1 Å². The van der Waals surface area contributed by atoms with Crippen molar-refractivity contribution in [3.63, 3.8) is 0 Å². The quantitative estimate of drug-likeness (QED) is 0.138. The van der Waals surface area contributed by atoms with Gasteiger partial charge in [0.05, 0.1) is 18.4 Å². The van der Waals surface area contributed by atoms with E-state index >= 15 is 0 Å². The molecule has 0 radical (unpaired) electrons. The van der Waals surface area contributed by atoms with Crippen molar-refractivity contribution in [3.8, 4) is 0 Å². The summed E-state index contributed by atoms with van der Waals surface area (Å²) >= 11 is 0. The number of nitrogens with one attached hydrogen (secondary N) is 3. The molecule has 3 aromatic rings. The van der Waals surface area contributed by atoms with Gasteiger partial charge in [0.1, 0.15) is 17.9 Å². The highest BCUT2D eigenvalue weighted by atomic mass is 16.4. The maximum absolute atomic E-state index is 12.8. The Hall–Kier alpha value is -5.41. The topological polar surface area (TPSA) is 260 Å². The lowest BCUT2D eigenvalue weighted by atomic mass is 10.1. The Balaban J connectivity index is 1.64. The summed E-state index contributed by atoms with van der Waals surface area (Å²) in [6, 6.07) is 3.23. The molecule has 2 amide bonds. The second-order valence-corrected chi connectivity index (χ2v) is 8.91. The number of carbonyl (C=O) groups is 5. The predicted octanol–water partition coefficient (Wildman–Crippen LogP) is 0.320. The predicted molar refractivity (Wildman–Crippen MR) is 143 cm³/mol. The molecule has 41 heavy (non-hydrogen) atoms. The number of aromatic nitrogens is 4. The number of carbonyl (C=O) groups excluding carboxylic acids is 2. The van der Waals surface area contributed by atoms with E-state index in [0.29, 0.717) is 28.4 Å². The highest BCUT2D eigenvalue weighted by molar-refractivity contribution is 5.98. The Bertz CT molecular complexity index is 1460. The zero-order valence-electron chi connectivity index (χ0n) is 21.8. The maximum Gasteiger partial charge on any atom is 0.326 e. The van der Waals surface area contributed by atoms with Crippen molar-refractivity contribution in [2.45, 2.75) is 51.2 Å². The fourth-order valence-corrected chi connectivity index (χ4v) is 3.67. The summed E-state index contributed by atoms with van der Waals surface area (Å²) in [7, 11) is 0. The number of hydrogen-bond acceptors (Lipinski definition) is 11. The molecule has 0 fully saturated rings. The Kier molecular flexibility index (Phi) is 9.99. The minimum absolute atomic E-state index is 0.148. The van der Waals surface area contributed by atoms with Crippen LogP contribution in [0.25, 0.3) is 11.2 Å². The van der Waals surface area contributed by atoms with Crippen molar-refractivity contribution in [1.29, 1.82) is 0 Å². The number of amides is 2. The Morgan fingerprint density at radius 1 is 0.878 bits per heavy atom. The van der Waals surface area contributed by atoms with E-state index in [4.69, 9.17) is 15.9 Å². The number of aliphatic carboxylic acids is 3. The van der Waals surface area contributed by atoms with Crippen LogP contribution in [0.1, 0.15) is 47.6 Å². The van der Waals surface area contributed by atoms with E-state index in [1.54, 1.807) is 25.3 Å². The van der Waals surface area contributed by atoms with Gasteiger partial charge in [0, 0.05) is 24.1 Å². The molecule has 1 aromatic carbocycles. The van der Waals surface area contributed by atoms with Crippen LogP contribution in [0, 0.1) is 6.92 Å². The lowest BCUT2D eigenvalue weighted by Crippen LogP contribution is -2.51. The van der Waals surface area contributed by atoms with Crippen LogP contribution < -0.4 is 21.7 Å². The van der Waals surface area contributed by atoms with Crippen molar-refractivity contribution in [3.05, 3.63) is 47.5 Å². The number of aryl methyl sites for hydroxylation is 1. The summed E-state index contributed by atoms with van der Waals surface area (Å²) < 4.78 is 0. The summed E-state index contributed by atoms with van der Waals surface area (Å²) in [5.74, 6) is -4.90. The number of anilines is 2. The second-order valence-electron chi connectivity index (χ2n) is 8.91. The number of fused-ring (bicyclic) bond motifs is 1. The van der Waals surface area contributed by atoms with Gasteiger partial charge in [0.25, 0.3) is 5.91 Å². The average Bonchev–Trinajstić information content (AvgIpc) is 2.91. The number of benzene rings is 1. The third-order valence-corrected chi connectivity index (χ3v) is 5.75. The Labute approximate surface area is 232 Å². The molecule has 0 unspecified atom stereocenters. The molecular formula is C25H28N8O8. The Morgan fingerprint density at radius 3 is 2.12 bits per heavy atom. The molecule has 0 aliphatic rings. The third-order valence-electron chi connectivity index (χ3n) is 5.75. The molecule has 8 N–H and O–H groups in total. The standard InChI is InChI=1S/C25H28N8O8/c1-12-29-21(26)20-22(30-12)28-11-15(31-20)10-27-14-4-2-13(3-5-14)23(38)32-16(6-8-18(34)35)24(39)33-17(25(40)41)7-9-19(36)37/h2-5,11,16-17,27H,6-10H2,1H3,(H,32,38)(H,33,39)(H,34,35)(H,36,37)(H,40,41)(H2,26,28,29,30)/t16-,17-/m0/s1. The zero-order valence-corrected chi connectivity index (χ0v) is 21.8. The average molecular weight is 569 g/mol. The molecule has 216 valence electrons. The van der Waals surface area contributed by atoms with Crippen molar-refractivity contribution in [2.24, 2.45) is 0 Å². The zero-order chi connectivity index (χ0) is 30.1.